The molecule has 1 heterocycles. The number of aliphatic hydroxyl groups is 2. The maximum Gasteiger partial charge on any atom is 0.339 e. The van der Waals surface area contributed by atoms with Gasteiger partial charge in [-0.05, 0) is 18.5 Å². The van der Waals surface area contributed by atoms with Gasteiger partial charge in [0.15, 0.2) is 0 Å². The zero-order valence-electron chi connectivity index (χ0n) is 10.3. The zero-order chi connectivity index (χ0) is 14.3. The van der Waals surface area contributed by atoms with Crippen LogP contribution in [0.15, 0.2) is 23.6 Å². The molecule has 0 saturated heterocycles. The fourth-order valence-electron chi connectivity index (χ4n) is 1.39. The summed E-state index contributed by atoms with van der Waals surface area (Å²) in [5.41, 5.74) is 8.55. The van der Waals surface area contributed by atoms with Gasteiger partial charge in [0.2, 0.25) is 0 Å². The van der Waals surface area contributed by atoms with Gasteiger partial charge >= 0.3 is 5.97 Å². The predicted molar refractivity (Wildman–Crippen MR) is 65.2 cm³/mol. The molecule has 0 aliphatic rings. The minimum Gasteiger partial charge on any atom is -0.462 e. The average Bonchev–Trinajstić information content (AvgIpc) is 2.44. The molecule has 8 heteroatoms. The molecular weight excluding hydrogens is 252 g/mol. The highest BCUT2D eigenvalue weighted by Gasteiger charge is 2.19. The molecule has 1 rings (SSSR count). The van der Waals surface area contributed by atoms with Crippen LogP contribution in [0.4, 0.5) is 0 Å². The highest BCUT2D eigenvalue weighted by atomic mass is 16.5. The Morgan fingerprint density at radius 3 is 2.95 bits per heavy atom. The second-order valence-electron chi connectivity index (χ2n) is 3.65. The monoisotopic (exact) mass is 266 g/mol. The number of azide groups is 1. The minimum absolute atomic E-state index is 0.175. The summed E-state index contributed by atoms with van der Waals surface area (Å²) in [6.07, 6.45) is 0.0447. The van der Waals surface area contributed by atoms with Crippen molar-refractivity contribution in [1.29, 1.82) is 0 Å². The Balaban J connectivity index is 2.86. The van der Waals surface area contributed by atoms with Crippen LogP contribution in [-0.2, 0) is 4.74 Å². The third-order valence-electron chi connectivity index (χ3n) is 2.31. The standard InChI is InChI=1S/C11H14N4O4/c1-2-19-11(18)8-3-7(4-13-5-8)10(17)9(16)6-14-15-12/h3-5,9-10,16-17H,2,6H2,1H3. The second kappa shape index (κ2) is 7.32. The van der Waals surface area contributed by atoms with Crippen molar-refractivity contribution in [3.63, 3.8) is 0 Å². The highest BCUT2D eigenvalue weighted by molar-refractivity contribution is 5.89. The van der Waals surface area contributed by atoms with Crippen molar-refractivity contribution in [1.82, 2.24) is 4.98 Å². The molecule has 2 atom stereocenters. The summed E-state index contributed by atoms with van der Waals surface area (Å²) in [5, 5.41) is 22.6. The van der Waals surface area contributed by atoms with Gasteiger partial charge in [-0.1, -0.05) is 5.11 Å². The molecule has 1 aromatic heterocycles. The number of pyridine rings is 1. The number of hydrogen-bond donors (Lipinski definition) is 2. The van der Waals surface area contributed by atoms with Gasteiger partial charge in [-0.25, -0.2) is 4.79 Å². The Morgan fingerprint density at radius 2 is 2.32 bits per heavy atom. The lowest BCUT2D eigenvalue weighted by Crippen LogP contribution is -2.21. The first-order chi connectivity index (χ1) is 9.10. The molecule has 102 valence electrons. The van der Waals surface area contributed by atoms with Gasteiger partial charge in [0.05, 0.1) is 24.8 Å². The van der Waals surface area contributed by atoms with E-state index in [1.54, 1.807) is 6.92 Å². The largest absolute Gasteiger partial charge is 0.462 e. The van der Waals surface area contributed by atoms with Crippen LogP contribution in [-0.4, -0.2) is 40.4 Å². The second-order valence-corrected chi connectivity index (χ2v) is 3.65. The van der Waals surface area contributed by atoms with Crippen LogP contribution in [0, 0.1) is 0 Å². The lowest BCUT2D eigenvalue weighted by atomic mass is 10.0. The molecule has 2 N–H and O–H groups in total. The molecule has 0 aliphatic heterocycles. The van der Waals surface area contributed by atoms with E-state index < -0.39 is 18.2 Å². The summed E-state index contributed by atoms with van der Waals surface area (Å²) in [6, 6.07) is 1.37. The topological polar surface area (TPSA) is 128 Å². The Kier molecular flexibility index (Phi) is 5.74. The van der Waals surface area contributed by atoms with Gasteiger partial charge in [0.25, 0.3) is 0 Å². The number of esters is 1. The van der Waals surface area contributed by atoms with Crippen LogP contribution in [0.3, 0.4) is 0 Å². The number of ether oxygens (including phenoxy) is 1. The van der Waals surface area contributed by atoms with Gasteiger partial charge in [-0.2, -0.15) is 0 Å². The van der Waals surface area contributed by atoms with Crippen LogP contribution in [0.1, 0.15) is 28.9 Å². The molecule has 0 bridgehead atoms. The van der Waals surface area contributed by atoms with E-state index >= 15 is 0 Å². The lowest BCUT2D eigenvalue weighted by molar-refractivity contribution is 0.0240. The maximum absolute atomic E-state index is 11.5. The predicted octanol–water partition coefficient (Wildman–Crippen LogP) is 0.963. The summed E-state index contributed by atoms with van der Waals surface area (Å²) in [4.78, 5) is 17.8. The van der Waals surface area contributed by atoms with E-state index in [1.807, 2.05) is 0 Å². The molecule has 0 fully saturated rings. The molecule has 8 nitrogen and oxygen atoms in total. The number of carbonyl (C=O) groups excluding carboxylic acids is 1. The Hall–Kier alpha value is -2.15. The van der Waals surface area contributed by atoms with Crippen molar-refractivity contribution in [2.24, 2.45) is 5.11 Å². The average molecular weight is 266 g/mol. The lowest BCUT2D eigenvalue weighted by Gasteiger charge is -2.16. The first-order valence-corrected chi connectivity index (χ1v) is 5.59. The molecular formula is C11H14N4O4. The van der Waals surface area contributed by atoms with E-state index in [9.17, 15) is 15.0 Å². The van der Waals surface area contributed by atoms with Crippen molar-refractivity contribution in [3.8, 4) is 0 Å². The summed E-state index contributed by atoms with van der Waals surface area (Å²) in [5.74, 6) is -0.561. The Morgan fingerprint density at radius 1 is 1.58 bits per heavy atom. The molecule has 0 aliphatic carbocycles. The fraction of sp³-hybridized carbons (Fsp3) is 0.455. The molecule has 1 aromatic rings. The normalized spacial score (nSPS) is 13.2. The van der Waals surface area contributed by atoms with E-state index in [1.165, 1.54) is 18.5 Å². The van der Waals surface area contributed by atoms with E-state index in [0.29, 0.717) is 0 Å². The highest BCUT2D eigenvalue weighted by Crippen LogP contribution is 2.18. The summed E-state index contributed by atoms with van der Waals surface area (Å²) in [7, 11) is 0. The number of nitrogens with zero attached hydrogens (tertiary/aromatic N) is 4. The number of aromatic nitrogens is 1. The molecule has 0 amide bonds. The van der Waals surface area contributed by atoms with Gasteiger partial charge in [0.1, 0.15) is 6.10 Å². The van der Waals surface area contributed by atoms with Gasteiger partial charge in [0, 0.05) is 22.9 Å². The van der Waals surface area contributed by atoms with Crippen molar-refractivity contribution in [3.05, 3.63) is 40.0 Å². The fourth-order valence-corrected chi connectivity index (χ4v) is 1.39. The number of carbonyl (C=O) groups is 1. The van der Waals surface area contributed by atoms with E-state index in [2.05, 4.69) is 15.0 Å². The quantitative estimate of drug-likeness (QED) is 0.343. The number of rotatable bonds is 6. The molecule has 19 heavy (non-hydrogen) atoms. The Bertz CT molecular complexity index is 487. The minimum atomic E-state index is -1.30. The van der Waals surface area contributed by atoms with Crippen molar-refractivity contribution in [2.45, 2.75) is 19.1 Å². The van der Waals surface area contributed by atoms with Crippen LogP contribution in [0.25, 0.3) is 10.4 Å². The molecule has 0 saturated carbocycles. The third kappa shape index (κ3) is 4.22. The van der Waals surface area contributed by atoms with Crippen LogP contribution in [0.2, 0.25) is 0 Å². The van der Waals surface area contributed by atoms with Crippen LogP contribution < -0.4 is 0 Å². The smallest absolute Gasteiger partial charge is 0.339 e. The van der Waals surface area contributed by atoms with Crippen molar-refractivity contribution in [2.75, 3.05) is 13.2 Å². The van der Waals surface area contributed by atoms with Gasteiger partial charge in [-0.3, -0.25) is 4.98 Å². The summed E-state index contributed by atoms with van der Waals surface area (Å²) in [6.45, 7) is 1.63. The Labute approximate surface area is 109 Å². The molecule has 0 aromatic carbocycles. The van der Waals surface area contributed by atoms with E-state index in [4.69, 9.17) is 10.3 Å². The van der Waals surface area contributed by atoms with Crippen molar-refractivity contribution >= 4 is 5.97 Å². The zero-order valence-corrected chi connectivity index (χ0v) is 10.3. The molecule has 2 unspecified atom stereocenters. The van der Waals surface area contributed by atoms with Crippen LogP contribution >= 0.6 is 0 Å². The summed E-state index contributed by atoms with van der Waals surface area (Å²) < 4.78 is 4.80. The number of aliphatic hydroxyl groups excluding tert-OH is 2. The van der Waals surface area contributed by atoms with Gasteiger partial charge < -0.3 is 14.9 Å². The molecule has 0 spiro atoms. The van der Waals surface area contributed by atoms with E-state index in [-0.39, 0.29) is 24.3 Å². The summed E-state index contributed by atoms with van der Waals surface area (Å²) >= 11 is 0. The first kappa shape index (κ1) is 14.9. The SMILES string of the molecule is CCOC(=O)c1cncc(C(O)C(O)CN=[N+]=[N-])c1. The van der Waals surface area contributed by atoms with E-state index in [0.717, 1.165) is 0 Å². The molecule has 0 radical (unpaired) electrons. The van der Waals surface area contributed by atoms with Crippen molar-refractivity contribution < 1.29 is 19.7 Å². The maximum atomic E-state index is 11.5. The number of hydrogen-bond acceptors (Lipinski definition) is 6. The van der Waals surface area contributed by atoms with Gasteiger partial charge in [-0.15, -0.1) is 0 Å². The first-order valence-electron chi connectivity index (χ1n) is 5.59. The van der Waals surface area contributed by atoms with Crippen LogP contribution in [0.5, 0.6) is 0 Å². The third-order valence-corrected chi connectivity index (χ3v) is 2.31.